The lowest BCUT2D eigenvalue weighted by Crippen LogP contribution is -2.47. The Morgan fingerprint density at radius 3 is 2.62 bits per heavy atom. The summed E-state index contributed by atoms with van der Waals surface area (Å²) in [4.78, 5) is 34.8. The summed E-state index contributed by atoms with van der Waals surface area (Å²) in [5.41, 5.74) is 4.81. The number of alkyl halides is 3. The number of nitrogens with zero attached hydrogens (tertiary/aromatic N) is 6. The van der Waals surface area contributed by atoms with Crippen LogP contribution in [0.1, 0.15) is 38.6 Å². The summed E-state index contributed by atoms with van der Waals surface area (Å²) in [6, 6.07) is 4.38. The molecule has 0 aliphatic heterocycles. The molecule has 192 valence electrons. The highest BCUT2D eigenvalue weighted by atomic mass is 19.4. The van der Waals surface area contributed by atoms with Crippen LogP contribution in [0.25, 0.3) is 21.8 Å². The molecule has 1 aliphatic rings. The van der Waals surface area contributed by atoms with Gasteiger partial charge in [-0.1, -0.05) is 0 Å². The van der Waals surface area contributed by atoms with E-state index >= 15 is 0 Å². The average Bonchev–Trinajstić information content (AvgIpc) is 3.64. The molecule has 5 rings (SSSR count). The van der Waals surface area contributed by atoms with Crippen LogP contribution in [0.5, 0.6) is 0 Å². The SMILES string of the molecule is [2H]C([2H])([2H])N(C(=O)C1CC1)N(Cc1ncc(C(F)(F)F)cc1F)C(=O)c1ccc2nc(N)c3cnn(C)c3c2c1. The third-order valence-electron chi connectivity index (χ3n) is 6.11. The summed E-state index contributed by atoms with van der Waals surface area (Å²) in [5, 5.41) is 5.85. The van der Waals surface area contributed by atoms with Crippen LogP contribution in [0.2, 0.25) is 0 Å². The molecule has 0 saturated heterocycles. The number of nitrogen functional groups attached to an aromatic ring is 1. The lowest BCUT2D eigenvalue weighted by molar-refractivity contribution is -0.144. The van der Waals surface area contributed by atoms with Crippen molar-refractivity contribution in [2.75, 3.05) is 12.7 Å². The van der Waals surface area contributed by atoms with Crippen molar-refractivity contribution in [1.29, 1.82) is 0 Å². The number of fused-ring (bicyclic) bond motifs is 3. The Labute approximate surface area is 211 Å². The lowest BCUT2D eigenvalue weighted by atomic mass is 10.1. The molecule has 2 amide bonds. The Morgan fingerprint density at radius 1 is 1.22 bits per heavy atom. The second-order valence-electron chi connectivity index (χ2n) is 8.70. The highest BCUT2D eigenvalue weighted by molar-refractivity contribution is 6.10. The monoisotopic (exact) mass is 518 g/mol. The number of carbonyl (C=O) groups excluding carboxylic acids is 2. The van der Waals surface area contributed by atoms with Crippen LogP contribution >= 0.6 is 0 Å². The Morgan fingerprint density at radius 2 is 1.97 bits per heavy atom. The van der Waals surface area contributed by atoms with Gasteiger partial charge in [0.25, 0.3) is 5.91 Å². The molecule has 37 heavy (non-hydrogen) atoms. The number of hydrazine groups is 1. The molecule has 0 spiro atoms. The van der Waals surface area contributed by atoms with Crippen molar-refractivity contribution in [3.63, 3.8) is 0 Å². The maximum absolute atomic E-state index is 14.8. The van der Waals surface area contributed by atoms with E-state index in [4.69, 9.17) is 9.85 Å². The van der Waals surface area contributed by atoms with Crippen LogP contribution in [0.15, 0.2) is 36.7 Å². The summed E-state index contributed by atoms with van der Waals surface area (Å²) in [6.07, 6.45) is -2.24. The molecule has 1 aliphatic carbocycles. The molecule has 0 bridgehead atoms. The van der Waals surface area contributed by atoms with Crippen molar-refractivity contribution < 1.29 is 31.3 Å². The number of carbonyl (C=O) groups is 2. The fourth-order valence-corrected chi connectivity index (χ4v) is 3.97. The number of hydrogen-bond donors (Lipinski definition) is 1. The van der Waals surface area contributed by atoms with Crippen LogP contribution in [0, 0.1) is 11.7 Å². The first-order valence-corrected chi connectivity index (χ1v) is 11.0. The molecular weight excluding hydrogens is 494 g/mol. The van der Waals surface area contributed by atoms with Crippen molar-refractivity contribution >= 4 is 39.4 Å². The molecule has 13 heteroatoms. The predicted octanol–water partition coefficient (Wildman–Crippen LogP) is 3.68. The highest BCUT2D eigenvalue weighted by Crippen LogP contribution is 2.33. The number of rotatable bonds is 4. The van der Waals surface area contributed by atoms with Crippen LogP contribution < -0.4 is 5.73 Å². The lowest BCUT2D eigenvalue weighted by Gasteiger charge is -2.32. The summed E-state index contributed by atoms with van der Waals surface area (Å²) in [7, 11) is 1.64. The number of benzene rings is 1. The van der Waals surface area contributed by atoms with Crippen molar-refractivity contribution in [2.45, 2.75) is 25.6 Å². The van der Waals surface area contributed by atoms with E-state index in [1.54, 1.807) is 7.05 Å². The summed E-state index contributed by atoms with van der Waals surface area (Å²) < 4.78 is 79.4. The van der Waals surface area contributed by atoms with E-state index in [9.17, 15) is 27.2 Å². The minimum absolute atomic E-state index is 0.105. The van der Waals surface area contributed by atoms with E-state index in [0.29, 0.717) is 45.9 Å². The predicted molar refractivity (Wildman–Crippen MR) is 125 cm³/mol. The van der Waals surface area contributed by atoms with Gasteiger partial charge in [0.2, 0.25) is 5.91 Å². The Balaban J connectivity index is 1.63. The van der Waals surface area contributed by atoms with E-state index in [1.807, 2.05) is 0 Å². The maximum Gasteiger partial charge on any atom is 0.417 e. The fourth-order valence-electron chi connectivity index (χ4n) is 3.97. The molecule has 3 heterocycles. The summed E-state index contributed by atoms with van der Waals surface area (Å²) >= 11 is 0. The van der Waals surface area contributed by atoms with Gasteiger partial charge in [-0.25, -0.2) is 14.4 Å². The molecular formula is C24H21F4N7O2. The van der Waals surface area contributed by atoms with E-state index < -0.39 is 54.5 Å². The van der Waals surface area contributed by atoms with E-state index in [-0.39, 0.29) is 22.5 Å². The number of anilines is 1. The zero-order chi connectivity index (χ0) is 29.1. The molecule has 1 aromatic carbocycles. The third-order valence-corrected chi connectivity index (χ3v) is 6.11. The number of aryl methyl sites for hydroxylation is 1. The zero-order valence-corrected chi connectivity index (χ0v) is 19.3. The molecule has 9 nitrogen and oxygen atoms in total. The maximum atomic E-state index is 14.8. The van der Waals surface area contributed by atoms with Gasteiger partial charge in [-0.15, -0.1) is 0 Å². The fraction of sp³-hybridized carbons (Fsp3) is 0.292. The van der Waals surface area contributed by atoms with E-state index in [0.717, 1.165) is 0 Å². The van der Waals surface area contributed by atoms with E-state index in [1.165, 1.54) is 29.1 Å². The average molecular weight is 518 g/mol. The Kier molecular flexibility index (Phi) is 4.89. The number of pyridine rings is 2. The van der Waals surface area contributed by atoms with Gasteiger partial charge in [0.05, 0.1) is 40.4 Å². The number of amides is 2. The quantitative estimate of drug-likeness (QED) is 0.326. The first-order valence-electron chi connectivity index (χ1n) is 12.5. The standard InChI is InChI=1S/C24H21F4N7O2/c1-33-20-15-7-13(5-6-18(15)32-21(29)16(20)10-31-33)23(37)35(34(2)22(36)12-3-4-12)11-19-17(25)8-14(9-30-19)24(26,27)28/h5-10,12H,3-4,11H2,1-2H3,(H2,29,32)/i2D3. The van der Waals surface area contributed by atoms with Gasteiger partial charge in [0.1, 0.15) is 11.6 Å². The van der Waals surface area contributed by atoms with Gasteiger partial charge in [0, 0.05) is 41.2 Å². The van der Waals surface area contributed by atoms with Crippen molar-refractivity contribution in [3.05, 3.63) is 59.3 Å². The number of nitrogens with two attached hydrogens (primary N) is 1. The molecule has 1 fully saturated rings. The summed E-state index contributed by atoms with van der Waals surface area (Å²) in [6.45, 7) is -4.11. The smallest absolute Gasteiger partial charge is 0.383 e. The van der Waals surface area contributed by atoms with Gasteiger partial charge in [-0.2, -0.15) is 18.3 Å². The molecule has 0 radical (unpaired) electrons. The van der Waals surface area contributed by atoms with Crippen molar-refractivity contribution in [2.24, 2.45) is 13.0 Å². The first-order chi connectivity index (χ1) is 18.7. The van der Waals surface area contributed by atoms with Gasteiger partial charge in [-0.3, -0.25) is 24.3 Å². The number of halogens is 4. The zero-order valence-electron chi connectivity index (χ0n) is 22.3. The van der Waals surface area contributed by atoms with Crippen LogP contribution in [0.3, 0.4) is 0 Å². The van der Waals surface area contributed by atoms with E-state index in [2.05, 4.69) is 15.1 Å². The molecule has 0 atom stereocenters. The number of aromatic nitrogens is 4. The minimum atomic E-state index is -4.88. The first kappa shape index (κ1) is 20.9. The van der Waals surface area contributed by atoms with Crippen molar-refractivity contribution in [1.82, 2.24) is 29.8 Å². The third kappa shape index (κ3) is 4.41. The van der Waals surface area contributed by atoms with Gasteiger partial charge in [-0.05, 0) is 37.1 Å². The number of hydrogen-bond acceptors (Lipinski definition) is 6. The molecule has 3 aromatic heterocycles. The molecule has 1 saturated carbocycles. The van der Waals surface area contributed by atoms with Crippen LogP contribution in [-0.2, 0) is 24.6 Å². The van der Waals surface area contributed by atoms with Crippen LogP contribution in [0.4, 0.5) is 23.4 Å². The highest BCUT2D eigenvalue weighted by Gasteiger charge is 2.37. The molecule has 4 aromatic rings. The normalized spacial score (nSPS) is 15.3. The summed E-state index contributed by atoms with van der Waals surface area (Å²) in [5.74, 6) is -3.82. The second kappa shape index (κ2) is 8.68. The Hall–Kier alpha value is -4.29. The topological polar surface area (TPSA) is 110 Å². The van der Waals surface area contributed by atoms with Gasteiger partial charge in [0.15, 0.2) is 0 Å². The molecule has 0 unspecified atom stereocenters. The second-order valence-corrected chi connectivity index (χ2v) is 8.70. The Bertz CT molecular complexity index is 1670. The largest absolute Gasteiger partial charge is 0.417 e. The molecule has 2 N–H and O–H groups in total. The van der Waals surface area contributed by atoms with Crippen molar-refractivity contribution in [3.8, 4) is 0 Å². The minimum Gasteiger partial charge on any atom is -0.383 e. The van der Waals surface area contributed by atoms with Gasteiger partial charge >= 0.3 is 6.18 Å². The van der Waals surface area contributed by atoms with Crippen LogP contribution in [-0.4, -0.2) is 48.6 Å². The van der Waals surface area contributed by atoms with Gasteiger partial charge < -0.3 is 5.73 Å².